The third kappa shape index (κ3) is 2.65. The summed E-state index contributed by atoms with van der Waals surface area (Å²) in [5.74, 6) is 0. The van der Waals surface area contributed by atoms with E-state index in [-0.39, 0.29) is 6.10 Å². The first-order valence-corrected chi connectivity index (χ1v) is 7.15. The highest BCUT2D eigenvalue weighted by atomic mass is 16.3. The van der Waals surface area contributed by atoms with Crippen LogP contribution in [0.2, 0.25) is 0 Å². The minimum atomic E-state index is -0.384. The fourth-order valence-corrected chi connectivity index (χ4v) is 3.01. The first kappa shape index (κ1) is 12.6. The Bertz CT molecular complexity index is 566. The average molecular weight is 255 g/mol. The summed E-state index contributed by atoms with van der Waals surface area (Å²) in [6, 6.07) is 15.2. The van der Waals surface area contributed by atoms with Crippen molar-refractivity contribution >= 4 is 10.8 Å². The molecule has 1 saturated heterocycles. The predicted molar refractivity (Wildman–Crippen MR) is 79.2 cm³/mol. The van der Waals surface area contributed by atoms with Crippen molar-refractivity contribution in [3.05, 3.63) is 48.0 Å². The number of aliphatic hydroxyl groups excluding tert-OH is 1. The number of benzene rings is 2. The van der Waals surface area contributed by atoms with Gasteiger partial charge in [-0.25, -0.2) is 0 Å². The fraction of sp³-hybridized carbons (Fsp3) is 0.412. The molecule has 1 aliphatic rings. The molecule has 0 aliphatic carbocycles. The maximum atomic E-state index is 10.4. The summed E-state index contributed by atoms with van der Waals surface area (Å²) in [5, 5.41) is 12.8. The standard InChI is InChI=1S/C17H21NO/c1-13-5-4-10-18(13)12-17(19)16-9-8-14-6-2-3-7-15(14)11-16/h2-3,6-9,11,13,17,19H,4-5,10,12H2,1H3. The van der Waals surface area contributed by atoms with Gasteiger partial charge in [0.25, 0.3) is 0 Å². The normalized spacial score (nSPS) is 21.9. The maximum Gasteiger partial charge on any atom is 0.0917 e. The number of fused-ring (bicyclic) bond motifs is 1. The van der Waals surface area contributed by atoms with E-state index in [0.29, 0.717) is 6.04 Å². The number of aliphatic hydroxyl groups is 1. The molecule has 0 spiro atoms. The van der Waals surface area contributed by atoms with Gasteiger partial charge in [-0.15, -0.1) is 0 Å². The molecule has 0 saturated carbocycles. The Morgan fingerprint density at radius 3 is 2.74 bits per heavy atom. The van der Waals surface area contributed by atoms with Crippen molar-refractivity contribution in [1.82, 2.24) is 4.90 Å². The smallest absolute Gasteiger partial charge is 0.0917 e. The van der Waals surface area contributed by atoms with Crippen LogP contribution in [0, 0.1) is 0 Å². The highest BCUT2D eigenvalue weighted by molar-refractivity contribution is 5.83. The van der Waals surface area contributed by atoms with Crippen LogP contribution in [0.1, 0.15) is 31.4 Å². The molecule has 2 unspecified atom stereocenters. The van der Waals surface area contributed by atoms with E-state index < -0.39 is 0 Å². The molecule has 1 aliphatic heterocycles. The van der Waals surface area contributed by atoms with Gasteiger partial charge in [0, 0.05) is 12.6 Å². The summed E-state index contributed by atoms with van der Waals surface area (Å²) >= 11 is 0. The van der Waals surface area contributed by atoms with Crippen molar-refractivity contribution < 1.29 is 5.11 Å². The van der Waals surface area contributed by atoms with E-state index in [1.807, 2.05) is 18.2 Å². The van der Waals surface area contributed by atoms with Gasteiger partial charge in [0.2, 0.25) is 0 Å². The van der Waals surface area contributed by atoms with E-state index in [9.17, 15) is 5.11 Å². The summed E-state index contributed by atoms with van der Waals surface area (Å²) < 4.78 is 0. The van der Waals surface area contributed by atoms with E-state index >= 15 is 0 Å². The largest absolute Gasteiger partial charge is 0.387 e. The molecule has 100 valence electrons. The van der Waals surface area contributed by atoms with E-state index in [1.54, 1.807) is 0 Å². The Morgan fingerprint density at radius 1 is 1.21 bits per heavy atom. The lowest BCUT2D eigenvalue weighted by atomic mass is 10.0. The number of rotatable bonds is 3. The van der Waals surface area contributed by atoms with Gasteiger partial charge in [0.1, 0.15) is 0 Å². The molecular formula is C17H21NO. The van der Waals surface area contributed by atoms with Gasteiger partial charge < -0.3 is 5.11 Å². The Hall–Kier alpha value is -1.38. The van der Waals surface area contributed by atoms with Crippen LogP contribution in [-0.2, 0) is 0 Å². The van der Waals surface area contributed by atoms with Crippen LogP contribution in [0.4, 0.5) is 0 Å². The summed E-state index contributed by atoms with van der Waals surface area (Å²) in [5.41, 5.74) is 1.03. The molecule has 2 aromatic rings. The molecule has 0 amide bonds. The second kappa shape index (κ2) is 5.32. The van der Waals surface area contributed by atoms with E-state index in [0.717, 1.165) is 18.7 Å². The van der Waals surface area contributed by atoms with Gasteiger partial charge >= 0.3 is 0 Å². The first-order chi connectivity index (χ1) is 9.24. The van der Waals surface area contributed by atoms with E-state index in [2.05, 4.69) is 36.1 Å². The van der Waals surface area contributed by atoms with Crippen molar-refractivity contribution in [2.75, 3.05) is 13.1 Å². The Kier molecular flexibility index (Phi) is 3.54. The van der Waals surface area contributed by atoms with Gasteiger partial charge in [0.05, 0.1) is 6.10 Å². The minimum Gasteiger partial charge on any atom is -0.387 e. The maximum absolute atomic E-state index is 10.4. The van der Waals surface area contributed by atoms with Crippen molar-refractivity contribution in [1.29, 1.82) is 0 Å². The number of nitrogens with zero attached hydrogens (tertiary/aromatic N) is 1. The number of hydrogen-bond acceptors (Lipinski definition) is 2. The molecule has 2 nitrogen and oxygen atoms in total. The summed E-state index contributed by atoms with van der Waals surface area (Å²) in [7, 11) is 0. The zero-order chi connectivity index (χ0) is 13.2. The van der Waals surface area contributed by atoms with Crippen molar-refractivity contribution in [3.8, 4) is 0 Å². The molecule has 2 heteroatoms. The molecule has 2 atom stereocenters. The molecule has 1 N–H and O–H groups in total. The highest BCUT2D eigenvalue weighted by Crippen LogP contribution is 2.24. The van der Waals surface area contributed by atoms with Gasteiger partial charge in [-0.1, -0.05) is 36.4 Å². The quantitative estimate of drug-likeness (QED) is 0.909. The molecule has 2 aromatic carbocycles. The SMILES string of the molecule is CC1CCCN1CC(O)c1ccc2ccccc2c1. The number of β-amino-alcohol motifs (C(OH)–C–C–N with tert-alkyl or cyclic N) is 1. The Balaban J connectivity index is 1.79. The zero-order valence-corrected chi connectivity index (χ0v) is 11.4. The van der Waals surface area contributed by atoms with E-state index in [4.69, 9.17) is 0 Å². The van der Waals surface area contributed by atoms with Crippen LogP contribution in [-0.4, -0.2) is 29.1 Å². The first-order valence-electron chi connectivity index (χ1n) is 7.15. The molecular weight excluding hydrogens is 234 g/mol. The molecule has 0 radical (unpaired) electrons. The number of hydrogen-bond donors (Lipinski definition) is 1. The Labute approximate surface area is 114 Å². The third-order valence-electron chi connectivity index (χ3n) is 4.26. The monoisotopic (exact) mass is 255 g/mol. The van der Waals surface area contributed by atoms with Crippen molar-refractivity contribution in [2.24, 2.45) is 0 Å². The van der Waals surface area contributed by atoms with Crippen LogP contribution < -0.4 is 0 Å². The predicted octanol–water partition coefficient (Wildman–Crippen LogP) is 3.36. The summed E-state index contributed by atoms with van der Waals surface area (Å²) in [4.78, 5) is 2.39. The average Bonchev–Trinajstić information content (AvgIpc) is 2.84. The fourth-order valence-electron chi connectivity index (χ4n) is 3.01. The second-order valence-electron chi connectivity index (χ2n) is 5.61. The van der Waals surface area contributed by atoms with E-state index in [1.165, 1.54) is 23.6 Å². The summed E-state index contributed by atoms with van der Waals surface area (Å²) in [6.45, 7) is 4.12. The summed E-state index contributed by atoms with van der Waals surface area (Å²) in [6.07, 6.45) is 2.13. The third-order valence-corrected chi connectivity index (χ3v) is 4.26. The number of likely N-dealkylation sites (tertiary alicyclic amines) is 1. The van der Waals surface area contributed by atoms with Crippen LogP contribution in [0.15, 0.2) is 42.5 Å². The molecule has 0 aromatic heterocycles. The molecule has 0 bridgehead atoms. The van der Waals surface area contributed by atoms with Gasteiger partial charge in [-0.2, -0.15) is 0 Å². The highest BCUT2D eigenvalue weighted by Gasteiger charge is 2.23. The van der Waals surface area contributed by atoms with Crippen molar-refractivity contribution in [3.63, 3.8) is 0 Å². The van der Waals surface area contributed by atoms with Gasteiger partial charge in [0.15, 0.2) is 0 Å². The molecule has 3 rings (SSSR count). The lowest BCUT2D eigenvalue weighted by Crippen LogP contribution is -2.31. The topological polar surface area (TPSA) is 23.5 Å². The minimum absolute atomic E-state index is 0.384. The van der Waals surface area contributed by atoms with Crippen LogP contribution in [0.25, 0.3) is 10.8 Å². The molecule has 1 heterocycles. The zero-order valence-electron chi connectivity index (χ0n) is 11.4. The molecule has 19 heavy (non-hydrogen) atoms. The second-order valence-corrected chi connectivity index (χ2v) is 5.61. The Morgan fingerprint density at radius 2 is 2.00 bits per heavy atom. The lowest BCUT2D eigenvalue weighted by Gasteiger charge is -2.24. The van der Waals surface area contributed by atoms with Crippen molar-refractivity contribution in [2.45, 2.75) is 31.9 Å². The van der Waals surface area contributed by atoms with Gasteiger partial charge in [-0.3, -0.25) is 4.90 Å². The van der Waals surface area contributed by atoms with Crippen LogP contribution >= 0.6 is 0 Å². The van der Waals surface area contributed by atoms with Crippen LogP contribution in [0.5, 0.6) is 0 Å². The van der Waals surface area contributed by atoms with Gasteiger partial charge in [-0.05, 0) is 48.7 Å². The lowest BCUT2D eigenvalue weighted by molar-refractivity contribution is 0.110. The molecule has 1 fully saturated rings. The van der Waals surface area contributed by atoms with Crippen LogP contribution in [0.3, 0.4) is 0 Å².